The fourth-order valence-electron chi connectivity index (χ4n) is 2.61. The van der Waals surface area contributed by atoms with Crippen LogP contribution in [0, 0.1) is 27.7 Å². The van der Waals surface area contributed by atoms with Crippen molar-refractivity contribution in [2.45, 2.75) is 41.0 Å². The van der Waals surface area contributed by atoms with Crippen molar-refractivity contribution >= 4 is 5.71 Å². The summed E-state index contributed by atoms with van der Waals surface area (Å²) in [5.74, 6) is 0. The van der Waals surface area contributed by atoms with Gasteiger partial charge in [-0.3, -0.25) is 4.99 Å². The first kappa shape index (κ1) is 10.4. The second kappa shape index (κ2) is 3.48. The third-order valence-corrected chi connectivity index (χ3v) is 3.89. The second-order valence-electron chi connectivity index (χ2n) is 4.57. The topological polar surface area (TPSA) is 12.4 Å². The summed E-state index contributed by atoms with van der Waals surface area (Å²) >= 11 is 0. The number of hydrogen-bond donors (Lipinski definition) is 0. The van der Waals surface area contributed by atoms with E-state index >= 15 is 0 Å². The van der Waals surface area contributed by atoms with E-state index in [1.165, 1.54) is 39.1 Å². The summed E-state index contributed by atoms with van der Waals surface area (Å²) in [5, 5.41) is 0. The molecule has 0 amide bonds. The number of benzene rings is 1. The molecule has 1 heterocycles. The molecule has 1 heteroatoms. The van der Waals surface area contributed by atoms with Gasteiger partial charge in [0, 0.05) is 17.8 Å². The van der Waals surface area contributed by atoms with Gasteiger partial charge in [0.05, 0.1) is 0 Å². The molecule has 0 spiro atoms. The third kappa shape index (κ3) is 1.41. The average molecular weight is 201 g/mol. The standard InChI is InChI=1S/C14H19N/c1-8-9(2)11(4)14-12(5)15-7-6-13(14)10(8)3/h6-7H2,1-5H3. The Morgan fingerprint density at radius 3 is 2.07 bits per heavy atom. The van der Waals surface area contributed by atoms with E-state index < -0.39 is 0 Å². The molecule has 0 fully saturated rings. The smallest absolute Gasteiger partial charge is 0.0433 e. The Morgan fingerprint density at radius 1 is 0.800 bits per heavy atom. The van der Waals surface area contributed by atoms with Crippen molar-refractivity contribution in [2.75, 3.05) is 6.54 Å². The van der Waals surface area contributed by atoms with Gasteiger partial charge in [0.25, 0.3) is 0 Å². The van der Waals surface area contributed by atoms with Crippen molar-refractivity contribution in [1.82, 2.24) is 0 Å². The molecule has 0 saturated carbocycles. The number of nitrogens with zero attached hydrogens (tertiary/aromatic N) is 1. The minimum absolute atomic E-state index is 0.960. The van der Waals surface area contributed by atoms with Gasteiger partial charge < -0.3 is 0 Å². The molecule has 0 bridgehead atoms. The molecule has 0 saturated heterocycles. The number of rotatable bonds is 0. The maximum Gasteiger partial charge on any atom is 0.0433 e. The zero-order chi connectivity index (χ0) is 11.2. The summed E-state index contributed by atoms with van der Waals surface area (Å²) in [4.78, 5) is 4.56. The van der Waals surface area contributed by atoms with Crippen LogP contribution in [0.15, 0.2) is 4.99 Å². The molecular formula is C14H19N. The Kier molecular flexibility index (Phi) is 2.41. The van der Waals surface area contributed by atoms with Gasteiger partial charge in [0.15, 0.2) is 0 Å². The summed E-state index contributed by atoms with van der Waals surface area (Å²) in [5.41, 5.74) is 9.96. The van der Waals surface area contributed by atoms with Crippen LogP contribution in [0.4, 0.5) is 0 Å². The summed E-state index contributed by atoms with van der Waals surface area (Å²) in [6.45, 7) is 12.0. The van der Waals surface area contributed by atoms with E-state index in [0.717, 1.165) is 13.0 Å². The zero-order valence-electron chi connectivity index (χ0n) is 10.4. The van der Waals surface area contributed by atoms with E-state index in [1.54, 1.807) is 0 Å². The lowest BCUT2D eigenvalue weighted by atomic mass is 9.84. The Hall–Kier alpha value is -1.11. The molecule has 0 aliphatic carbocycles. The van der Waals surface area contributed by atoms with Crippen LogP contribution < -0.4 is 0 Å². The number of aliphatic imine (C=N–C) groups is 1. The van der Waals surface area contributed by atoms with E-state index in [1.807, 2.05) is 0 Å². The van der Waals surface area contributed by atoms with Gasteiger partial charge in [-0.05, 0) is 68.9 Å². The molecule has 0 atom stereocenters. The third-order valence-electron chi connectivity index (χ3n) is 3.89. The lowest BCUT2D eigenvalue weighted by Crippen LogP contribution is -2.15. The highest BCUT2D eigenvalue weighted by Gasteiger charge is 2.18. The average Bonchev–Trinajstić information content (AvgIpc) is 2.23. The lowest BCUT2D eigenvalue weighted by Gasteiger charge is -2.23. The molecule has 1 aromatic carbocycles. The molecule has 0 unspecified atom stereocenters. The van der Waals surface area contributed by atoms with Crippen molar-refractivity contribution in [2.24, 2.45) is 4.99 Å². The van der Waals surface area contributed by atoms with Gasteiger partial charge >= 0.3 is 0 Å². The molecular weight excluding hydrogens is 182 g/mol. The SMILES string of the molecule is CC1=NCCc2c(C)c(C)c(C)c(C)c21. The molecule has 1 aromatic rings. The number of hydrogen-bond acceptors (Lipinski definition) is 1. The van der Waals surface area contributed by atoms with Crippen molar-refractivity contribution in [3.63, 3.8) is 0 Å². The molecule has 0 radical (unpaired) electrons. The first-order valence-corrected chi connectivity index (χ1v) is 5.64. The van der Waals surface area contributed by atoms with Crippen molar-refractivity contribution in [3.8, 4) is 0 Å². The van der Waals surface area contributed by atoms with Crippen LogP contribution in [0.3, 0.4) is 0 Å². The van der Waals surface area contributed by atoms with Gasteiger partial charge in [-0.2, -0.15) is 0 Å². The normalized spacial score (nSPS) is 14.9. The minimum Gasteiger partial charge on any atom is -0.289 e. The van der Waals surface area contributed by atoms with Crippen LogP contribution in [0.25, 0.3) is 0 Å². The fourth-order valence-corrected chi connectivity index (χ4v) is 2.61. The molecule has 0 aromatic heterocycles. The van der Waals surface area contributed by atoms with E-state index in [2.05, 4.69) is 39.6 Å². The fraction of sp³-hybridized carbons (Fsp3) is 0.500. The van der Waals surface area contributed by atoms with Gasteiger partial charge in [0.1, 0.15) is 0 Å². The monoisotopic (exact) mass is 201 g/mol. The molecule has 80 valence electrons. The van der Waals surface area contributed by atoms with E-state index in [9.17, 15) is 0 Å². The molecule has 1 nitrogen and oxygen atoms in total. The van der Waals surface area contributed by atoms with Gasteiger partial charge in [-0.15, -0.1) is 0 Å². The van der Waals surface area contributed by atoms with Crippen LogP contribution in [0.5, 0.6) is 0 Å². The summed E-state index contributed by atoms with van der Waals surface area (Å²) in [6.07, 6.45) is 1.11. The van der Waals surface area contributed by atoms with Crippen LogP contribution >= 0.6 is 0 Å². The summed E-state index contributed by atoms with van der Waals surface area (Å²) in [7, 11) is 0. The Balaban J connectivity index is 2.83. The highest BCUT2D eigenvalue weighted by atomic mass is 14.7. The highest BCUT2D eigenvalue weighted by molar-refractivity contribution is 6.02. The quantitative estimate of drug-likeness (QED) is 0.611. The van der Waals surface area contributed by atoms with Crippen molar-refractivity contribution in [3.05, 3.63) is 33.4 Å². The Bertz CT molecular complexity index is 453. The predicted octanol–water partition coefficient (Wildman–Crippen LogP) is 3.29. The predicted molar refractivity (Wildman–Crippen MR) is 66.2 cm³/mol. The van der Waals surface area contributed by atoms with E-state index in [-0.39, 0.29) is 0 Å². The molecule has 0 N–H and O–H groups in total. The van der Waals surface area contributed by atoms with Crippen LogP contribution in [0.1, 0.15) is 40.3 Å². The van der Waals surface area contributed by atoms with Crippen LogP contribution in [0.2, 0.25) is 0 Å². The molecule has 1 aliphatic rings. The van der Waals surface area contributed by atoms with E-state index in [4.69, 9.17) is 0 Å². The largest absolute Gasteiger partial charge is 0.289 e. The first-order valence-electron chi connectivity index (χ1n) is 5.64. The van der Waals surface area contributed by atoms with Crippen molar-refractivity contribution in [1.29, 1.82) is 0 Å². The maximum atomic E-state index is 4.56. The van der Waals surface area contributed by atoms with Crippen LogP contribution in [-0.4, -0.2) is 12.3 Å². The maximum absolute atomic E-state index is 4.56. The highest BCUT2D eigenvalue weighted by Crippen LogP contribution is 2.29. The van der Waals surface area contributed by atoms with Gasteiger partial charge in [-0.1, -0.05) is 0 Å². The van der Waals surface area contributed by atoms with Crippen molar-refractivity contribution < 1.29 is 0 Å². The molecule has 1 aliphatic heterocycles. The molecule has 15 heavy (non-hydrogen) atoms. The number of fused-ring (bicyclic) bond motifs is 1. The Morgan fingerprint density at radius 2 is 1.40 bits per heavy atom. The second-order valence-corrected chi connectivity index (χ2v) is 4.57. The van der Waals surface area contributed by atoms with Gasteiger partial charge in [0.2, 0.25) is 0 Å². The van der Waals surface area contributed by atoms with Crippen LogP contribution in [-0.2, 0) is 6.42 Å². The summed E-state index contributed by atoms with van der Waals surface area (Å²) < 4.78 is 0. The Labute approximate surface area is 92.2 Å². The zero-order valence-corrected chi connectivity index (χ0v) is 10.4. The van der Waals surface area contributed by atoms with E-state index in [0.29, 0.717) is 0 Å². The first-order chi connectivity index (χ1) is 7.04. The summed E-state index contributed by atoms with van der Waals surface area (Å²) in [6, 6.07) is 0. The van der Waals surface area contributed by atoms with Gasteiger partial charge in [-0.25, -0.2) is 0 Å². The lowest BCUT2D eigenvalue weighted by molar-refractivity contribution is 0.919. The minimum atomic E-state index is 0.960. The molecule has 2 rings (SSSR count).